The fraction of sp³-hybridized carbons (Fsp3) is 0.412. The summed E-state index contributed by atoms with van der Waals surface area (Å²) in [6, 6.07) is 3.63. The predicted octanol–water partition coefficient (Wildman–Crippen LogP) is 1.39. The summed E-state index contributed by atoms with van der Waals surface area (Å²) in [6.07, 6.45) is 5.91. The van der Waals surface area contributed by atoms with Gasteiger partial charge >= 0.3 is 0 Å². The summed E-state index contributed by atoms with van der Waals surface area (Å²) in [7, 11) is -3.04. The first kappa shape index (κ1) is 16.7. The average molecular weight is 347 g/mol. The van der Waals surface area contributed by atoms with Crippen LogP contribution >= 0.6 is 0 Å². The molecule has 6 nitrogen and oxygen atoms in total. The number of sulfone groups is 1. The maximum Gasteiger partial charge on any atom is 0.229 e. The summed E-state index contributed by atoms with van der Waals surface area (Å²) < 4.78 is 25.4. The zero-order chi connectivity index (χ0) is 17.3. The van der Waals surface area contributed by atoms with Crippen LogP contribution in [0.25, 0.3) is 5.65 Å². The van der Waals surface area contributed by atoms with Crippen LogP contribution in [0.1, 0.15) is 17.7 Å². The van der Waals surface area contributed by atoms with Crippen molar-refractivity contribution in [2.75, 3.05) is 18.1 Å². The van der Waals surface area contributed by atoms with E-state index in [1.807, 2.05) is 29.7 Å². The van der Waals surface area contributed by atoms with Crippen molar-refractivity contribution in [3.05, 3.63) is 48.4 Å². The van der Waals surface area contributed by atoms with Gasteiger partial charge < -0.3 is 9.30 Å². The molecule has 0 radical (unpaired) electrons. The van der Waals surface area contributed by atoms with Crippen molar-refractivity contribution in [1.29, 1.82) is 0 Å². The van der Waals surface area contributed by atoms with Crippen LogP contribution in [0, 0.1) is 6.92 Å². The van der Waals surface area contributed by atoms with E-state index in [0.29, 0.717) is 13.0 Å². The van der Waals surface area contributed by atoms with E-state index in [9.17, 15) is 13.2 Å². The SMILES string of the molecule is C=CCN(C(=O)Cc1cnc2c(C)cccn12)[C@@H]1CCS(=O)(=O)C1. The van der Waals surface area contributed by atoms with E-state index in [4.69, 9.17) is 0 Å². The van der Waals surface area contributed by atoms with Crippen molar-refractivity contribution in [2.45, 2.75) is 25.8 Å². The molecule has 0 unspecified atom stereocenters. The minimum atomic E-state index is -3.04. The first-order valence-electron chi connectivity index (χ1n) is 7.93. The van der Waals surface area contributed by atoms with Crippen molar-refractivity contribution in [3.63, 3.8) is 0 Å². The van der Waals surface area contributed by atoms with Crippen LogP contribution in [0.3, 0.4) is 0 Å². The maximum atomic E-state index is 12.8. The lowest BCUT2D eigenvalue weighted by Crippen LogP contribution is -2.42. The largest absolute Gasteiger partial charge is 0.335 e. The van der Waals surface area contributed by atoms with Crippen LogP contribution < -0.4 is 0 Å². The molecule has 2 aromatic heterocycles. The van der Waals surface area contributed by atoms with Gasteiger partial charge in [0.05, 0.1) is 23.6 Å². The molecule has 0 N–H and O–H groups in total. The highest BCUT2D eigenvalue weighted by Crippen LogP contribution is 2.19. The summed E-state index contributed by atoms with van der Waals surface area (Å²) in [5.41, 5.74) is 2.67. The molecule has 7 heteroatoms. The molecule has 3 rings (SSSR count). The molecule has 0 bridgehead atoms. The molecule has 1 amide bonds. The topological polar surface area (TPSA) is 71.8 Å². The number of hydrogen-bond donors (Lipinski definition) is 0. The van der Waals surface area contributed by atoms with Crippen molar-refractivity contribution in [3.8, 4) is 0 Å². The second kappa shape index (κ2) is 6.39. The standard InChI is InChI=1S/C17H21N3O3S/c1-3-7-19(14-6-9-24(22,23)12-14)16(21)10-15-11-18-17-13(2)5-4-8-20(15)17/h3-5,8,11,14H,1,6-7,9-10,12H2,2H3/t14-/m1/s1. The lowest BCUT2D eigenvalue weighted by molar-refractivity contribution is -0.131. The van der Waals surface area contributed by atoms with Crippen molar-refractivity contribution >= 4 is 21.4 Å². The number of hydrogen-bond acceptors (Lipinski definition) is 4. The van der Waals surface area contributed by atoms with Gasteiger partial charge in [0.25, 0.3) is 0 Å². The Morgan fingerprint density at radius 1 is 1.54 bits per heavy atom. The molecule has 128 valence electrons. The van der Waals surface area contributed by atoms with Gasteiger partial charge in [0.1, 0.15) is 5.65 Å². The summed E-state index contributed by atoms with van der Waals surface area (Å²) in [5.74, 6) is 0.0898. The van der Waals surface area contributed by atoms with Gasteiger partial charge in [-0.05, 0) is 25.0 Å². The number of amides is 1. The third-order valence-electron chi connectivity index (χ3n) is 4.44. The van der Waals surface area contributed by atoms with Crippen LogP contribution in [-0.2, 0) is 21.1 Å². The molecule has 1 atom stereocenters. The Morgan fingerprint density at radius 2 is 2.33 bits per heavy atom. The summed E-state index contributed by atoms with van der Waals surface area (Å²) in [4.78, 5) is 18.8. The normalized spacial score (nSPS) is 19.5. The number of carbonyl (C=O) groups excluding carboxylic acids is 1. The molecule has 1 fully saturated rings. The Morgan fingerprint density at radius 3 is 3.00 bits per heavy atom. The van der Waals surface area contributed by atoms with Gasteiger partial charge in [-0.1, -0.05) is 12.1 Å². The number of carbonyl (C=O) groups is 1. The number of aryl methyl sites for hydroxylation is 1. The fourth-order valence-electron chi connectivity index (χ4n) is 3.20. The van der Waals surface area contributed by atoms with Crippen LogP contribution in [0.2, 0.25) is 0 Å². The summed E-state index contributed by atoms with van der Waals surface area (Å²) >= 11 is 0. The molecule has 0 saturated carbocycles. The van der Waals surface area contributed by atoms with Crippen molar-refractivity contribution < 1.29 is 13.2 Å². The number of nitrogens with zero attached hydrogens (tertiary/aromatic N) is 3. The maximum absolute atomic E-state index is 12.8. The predicted molar refractivity (Wildman–Crippen MR) is 92.6 cm³/mol. The number of fused-ring (bicyclic) bond motifs is 1. The van der Waals surface area contributed by atoms with E-state index in [1.54, 1.807) is 17.2 Å². The van der Waals surface area contributed by atoms with Gasteiger partial charge in [-0.2, -0.15) is 0 Å². The Hall–Kier alpha value is -2.15. The molecule has 1 aliphatic rings. The van der Waals surface area contributed by atoms with Crippen LogP contribution in [0.4, 0.5) is 0 Å². The molecular formula is C17H21N3O3S. The summed E-state index contributed by atoms with van der Waals surface area (Å²) in [5, 5.41) is 0. The Bertz CT molecular complexity index is 886. The van der Waals surface area contributed by atoms with E-state index < -0.39 is 9.84 Å². The number of imidazole rings is 1. The monoisotopic (exact) mass is 347 g/mol. The Labute approximate surface area is 141 Å². The molecule has 24 heavy (non-hydrogen) atoms. The highest BCUT2D eigenvalue weighted by atomic mass is 32.2. The molecule has 2 aromatic rings. The lowest BCUT2D eigenvalue weighted by Gasteiger charge is -2.27. The van der Waals surface area contributed by atoms with E-state index in [2.05, 4.69) is 11.6 Å². The van der Waals surface area contributed by atoms with Gasteiger partial charge in [0.2, 0.25) is 5.91 Å². The first-order valence-corrected chi connectivity index (χ1v) is 9.76. The first-order chi connectivity index (χ1) is 11.4. The zero-order valence-corrected chi connectivity index (χ0v) is 14.5. The fourth-order valence-corrected chi connectivity index (χ4v) is 4.94. The molecule has 0 spiro atoms. The third kappa shape index (κ3) is 3.21. The second-order valence-electron chi connectivity index (χ2n) is 6.20. The van der Waals surface area contributed by atoms with E-state index in [0.717, 1.165) is 16.9 Å². The van der Waals surface area contributed by atoms with Gasteiger partial charge in [-0.25, -0.2) is 13.4 Å². The number of aromatic nitrogens is 2. The van der Waals surface area contributed by atoms with Crippen molar-refractivity contribution in [1.82, 2.24) is 14.3 Å². The zero-order valence-electron chi connectivity index (χ0n) is 13.7. The van der Waals surface area contributed by atoms with Crippen LogP contribution in [0.15, 0.2) is 37.2 Å². The molecule has 3 heterocycles. The molecular weight excluding hydrogens is 326 g/mol. The van der Waals surface area contributed by atoms with Gasteiger partial charge in [-0.3, -0.25) is 4.79 Å². The van der Waals surface area contributed by atoms with Gasteiger partial charge in [-0.15, -0.1) is 6.58 Å². The lowest BCUT2D eigenvalue weighted by atomic mass is 10.2. The van der Waals surface area contributed by atoms with E-state index in [-0.39, 0.29) is 29.9 Å². The third-order valence-corrected chi connectivity index (χ3v) is 6.19. The molecule has 0 aromatic carbocycles. The number of pyridine rings is 1. The van der Waals surface area contributed by atoms with Crippen LogP contribution in [0.5, 0.6) is 0 Å². The smallest absolute Gasteiger partial charge is 0.229 e. The Kier molecular flexibility index (Phi) is 4.45. The minimum Gasteiger partial charge on any atom is -0.335 e. The summed E-state index contributed by atoms with van der Waals surface area (Å²) in [6.45, 7) is 6.02. The van der Waals surface area contributed by atoms with Crippen LogP contribution in [-0.4, -0.2) is 52.7 Å². The molecule has 1 saturated heterocycles. The average Bonchev–Trinajstić information content (AvgIpc) is 3.09. The highest BCUT2D eigenvalue weighted by molar-refractivity contribution is 7.91. The van der Waals surface area contributed by atoms with E-state index >= 15 is 0 Å². The number of rotatable bonds is 5. The molecule has 0 aliphatic carbocycles. The molecule has 1 aliphatic heterocycles. The second-order valence-corrected chi connectivity index (χ2v) is 8.43. The minimum absolute atomic E-state index is 0.0405. The van der Waals surface area contributed by atoms with Gasteiger partial charge in [0.15, 0.2) is 9.84 Å². The highest BCUT2D eigenvalue weighted by Gasteiger charge is 2.34. The van der Waals surface area contributed by atoms with Gasteiger partial charge in [0, 0.05) is 25.0 Å². The van der Waals surface area contributed by atoms with E-state index in [1.165, 1.54) is 0 Å². The Balaban J connectivity index is 1.83. The quantitative estimate of drug-likeness (QED) is 0.766. The van der Waals surface area contributed by atoms with Crippen molar-refractivity contribution in [2.24, 2.45) is 0 Å².